The number of ketones is 1. The molecule has 4 heteroatoms. The Balaban J connectivity index is 2.00. The first-order chi connectivity index (χ1) is 8.17. The van der Waals surface area contributed by atoms with Crippen molar-refractivity contribution in [2.45, 2.75) is 51.7 Å². The van der Waals surface area contributed by atoms with Crippen LogP contribution in [0.1, 0.15) is 39.5 Å². The quantitative estimate of drug-likeness (QED) is 0.542. The van der Waals surface area contributed by atoms with Crippen LogP contribution >= 0.6 is 0 Å². The summed E-state index contributed by atoms with van der Waals surface area (Å²) in [4.78, 5) is 24.0. The van der Waals surface area contributed by atoms with Gasteiger partial charge in [-0.1, -0.05) is 6.92 Å². The fraction of sp³-hybridized carbons (Fsp3) is 0.846. The molecule has 4 nitrogen and oxygen atoms in total. The molecular weight excluding hydrogens is 220 g/mol. The molecule has 0 spiro atoms. The summed E-state index contributed by atoms with van der Waals surface area (Å²) >= 11 is 0. The predicted octanol–water partition coefficient (Wildman–Crippen LogP) is 1.71. The van der Waals surface area contributed by atoms with Crippen molar-refractivity contribution in [2.75, 3.05) is 6.61 Å². The highest BCUT2D eigenvalue weighted by Crippen LogP contribution is 2.40. The number of rotatable bonds is 5. The molecule has 0 radical (unpaired) electrons. The van der Waals surface area contributed by atoms with E-state index in [0.29, 0.717) is 13.0 Å². The van der Waals surface area contributed by atoms with E-state index in [1.54, 1.807) is 6.92 Å². The molecule has 0 amide bonds. The minimum Gasteiger partial charge on any atom is -0.465 e. The van der Waals surface area contributed by atoms with Gasteiger partial charge >= 0.3 is 5.97 Å². The van der Waals surface area contributed by atoms with Crippen LogP contribution in [0.2, 0.25) is 0 Å². The van der Waals surface area contributed by atoms with Gasteiger partial charge in [0.2, 0.25) is 0 Å². The van der Waals surface area contributed by atoms with Crippen LogP contribution < -0.4 is 0 Å². The monoisotopic (exact) mass is 240 g/mol. The summed E-state index contributed by atoms with van der Waals surface area (Å²) < 4.78 is 10.6. The minimum absolute atomic E-state index is 0.0261. The molecule has 2 aliphatic rings. The smallest absolute Gasteiger partial charge is 0.316 e. The summed E-state index contributed by atoms with van der Waals surface area (Å²) in [6.45, 7) is 3.94. The Kier molecular flexibility index (Phi) is 3.82. The van der Waals surface area contributed by atoms with Gasteiger partial charge < -0.3 is 9.47 Å². The Bertz CT molecular complexity index is 313. The summed E-state index contributed by atoms with van der Waals surface area (Å²) in [6, 6.07) is 0. The normalized spacial score (nSPS) is 32.5. The lowest BCUT2D eigenvalue weighted by molar-refractivity contribution is -0.153. The summed E-state index contributed by atoms with van der Waals surface area (Å²) in [5.41, 5.74) is 0. The van der Waals surface area contributed by atoms with E-state index >= 15 is 0 Å². The van der Waals surface area contributed by atoms with Gasteiger partial charge in [-0.05, 0) is 32.6 Å². The predicted molar refractivity (Wildman–Crippen MR) is 61.4 cm³/mol. The first kappa shape index (κ1) is 12.6. The molecule has 0 saturated carbocycles. The van der Waals surface area contributed by atoms with Gasteiger partial charge in [-0.3, -0.25) is 9.59 Å². The van der Waals surface area contributed by atoms with Crippen LogP contribution in [0.15, 0.2) is 0 Å². The van der Waals surface area contributed by atoms with E-state index in [2.05, 4.69) is 0 Å². The van der Waals surface area contributed by atoms with Gasteiger partial charge in [0.15, 0.2) is 5.78 Å². The number of hydrogen-bond donors (Lipinski definition) is 0. The molecule has 0 aromatic carbocycles. The Morgan fingerprint density at radius 1 is 1.35 bits per heavy atom. The maximum Gasteiger partial charge on any atom is 0.316 e. The fourth-order valence-corrected chi connectivity index (χ4v) is 2.92. The molecule has 2 heterocycles. The third-order valence-electron chi connectivity index (χ3n) is 3.79. The van der Waals surface area contributed by atoms with Gasteiger partial charge in [-0.15, -0.1) is 0 Å². The molecule has 2 bridgehead atoms. The average molecular weight is 240 g/mol. The van der Waals surface area contributed by atoms with Gasteiger partial charge in [0.1, 0.15) is 5.92 Å². The Labute approximate surface area is 102 Å². The van der Waals surface area contributed by atoms with E-state index in [1.165, 1.54) is 0 Å². The highest BCUT2D eigenvalue weighted by molar-refractivity contribution is 6.00. The SMILES string of the molecule is CCOC(=O)C(CC)C(=O)C1CC2CCC1O2. The maximum atomic E-state index is 12.3. The van der Waals surface area contributed by atoms with Crippen LogP contribution in [0.3, 0.4) is 0 Å². The van der Waals surface area contributed by atoms with Crippen LogP contribution in [-0.2, 0) is 19.1 Å². The van der Waals surface area contributed by atoms with Gasteiger partial charge in [0.05, 0.1) is 18.8 Å². The lowest BCUT2D eigenvalue weighted by Crippen LogP contribution is -2.35. The van der Waals surface area contributed by atoms with Crippen LogP contribution in [0.5, 0.6) is 0 Å². The van der Waals surface area contributed by atoms with E-state index in [-0.39, 0.29) is 29.9 Å². The van der Waals surface area contributed by atoms with Crippen molar-refractivity contribution >= 4 is 11.8 Å². The second-order valence-electron chi connectivity index (χ2n) is 4.83. The second kappa shape index (κ2) is 5.17. The lowest BCUT2D eigenvalue weighted by atomic mass is 9.81. The second-order valence-corrected chi connectivity index (χ2v) is 4.83. The van der Waals surface area contributed by atoms with Crippen molar-refractivity contribution in [3.63, 3.8) is 0 Å². The van der Waals surface area contributed by atoms with Gasteiger partial charge in [0, 0.05) is 5.92 Å². The van der Waals surface area contributed by atoms with E-state index in [4.69, 9.17) is 9.47 Å². The summed E-state index contributed by atoms with van der Waals surface area (Å²) in [5, 5.41) is 0. The Morgan fingerprint density at radius 3 is 2.59 bits per heavy atom. The molecule has 0 aliphatic carbocycles. The summed E-state index contributed by atoms with van der Waals surface area (Å²) in [7, 11) is 0. The molecule has 0 aromatic heterocycles. The summed E-state index contributed by atoms with van der Waals surface area (Å²) in [6.07, 6.45) is 3.63. The molecule has 2 saturated heterocycles. The number of carbonyl (C=O) groups excluding carboxylic acids is 2. The number of Topliss-reactive ketones (excluding diaryl/α,β-unsaturated/α-hetero) is 1. The van der Waals surface area contributed by atoms with Crippen molar-refractivity contribution in [1.29, 1.82) is 0 Å². The molecule has 4 unspecified atom stereocenters. The van der Waals surface area contributed by atoms with Crippen LogP contribution in [-0.4, -0.2) is 30.6 Å². The Hall–Kier alpha value is -0.900. The molecular formula is C13H20O4. The van der Waals surface area contributed by atoms with Gasteiger partial charge in [-0.2, -0.15) is 0 Å². The first-order valence-corrected chi connectivity index (χ1v) is 6.53. The van der Waals surface area contributed by atoms with Crippen molar-refractivity contribution in [3.8, 4) is 0 Å². The first-order valence-electron chi connectivity index (χ1n) is 6.53. The van der Waals surface area contributed by atoms with E-state index in [9.17, 15) is 9.59 Å². The fourth-order valence-electron chi connectivity index (χ4n) is 2.92. The van der Waals surface area contributed by atoms with Crippen molar-refractivity contribution in [1.82, 2.24) is 0 Å². The van der Waals surface area contributed by atoms with Crippen molar-refractivity contribution in [2.24, 2.45) is 11.8 Å². The topological polar surface area (TPSA) is 52.6 Å². The van der Waals surface area contributed by atoms with Crippen molar-refractivity contribution < 1.29 is 19.1 Å². The van der Waals surface area contributed by atoms with E-state index < -0.39 is 5.92 Å². The lowest BCUT2D eigenvalue weighted by Gasteiger charge is -2.21. The third-order valence-corrected chi connectivity index (χ3v) is 3.79. The molecule has 2 rings (SSSR count). The van der Waals surface area contributed by atoms with Crippen LogP contribution in [0.4, 0.5) is 0 Å². The highest BCUT2D eigenvalue weighted by Gasteiger charge is 2.47. The standard InChI is InChI=1S/C13H20O4/c1-3-9(13(15)16-4-2)12(14)10-7-8-5-6-11(10)17-8/h8-11H,3-7H2,1-2H3. The van der Waals surface area contributed by atoms with Crippen molar-refractivity contribution in [3.05, 3.63) is 0 Å². The summed E-state index contributed by atoms with van der Waals surface area (Å²) in [5.74, 6) is -1.02. The number of fused-ring (bicyclic) bond motifs is 2. The van der Waals surface area contributed by atoms with Gasteiger partial charge in [0.25, 0.3) is 0 Å². The average Bonchev–Trinajstić information content (AvgIpc) is 2.91. The van der Waals surface area contributed by atoms with Crippen LogP contribution in [0, 0.1) is 11.8 Å². The number of hydrogen-bond acceptors (Lipinski definition) is 4. The zero-order chi connectivity index (χ0) is 12.4. The van der Waals surface area contributed by atoms with Crippen LogP contribution in [0.25, 0.3) is 0 Å². The van der Waals surface area contributed by atoms with E-state index in [1.807, 2.05) is 6.92 Å². The highest BCUT2D eigenvalue weighted by atomic mass is 16.5. The molecule has 2 fully saturated rings. The number of esters is 1. The Morgan fingerprint density at radius 2 is 2.12 bits per heavy atom. The number of carbonyl (C=O) groups is 2. The van der Waals surface area contributed by atoms with E-state index in [0.717, 1.165) is 19.3 Å². The molecule has 4 atom stereocenters. The molecule has 96 valence electrons. The number of ether oxygens (including phenoxy) is 2. The zero-order valence-electron chi connectivity index (χ0n) is 10.5. The zero-order valence-corrected chi connectivity index (χ0v) is 10.5. The molecule has 17 heavy (non-hydrogen) atoms. The molecule has 0 aromatic rings. The minimum atomic E-state index is -0.595. The van der Waals surface area contributed by atoms with Gasteiger partial charge in [-0.25, -0.2) is 0 Å². The largest absolute Gasteiger partial charge is 0.465 e. The third kappa shape index (κ3) is 2.37. The maximum absolute atomic E-state index is 12.3. The molecule has 0 N–H and O–H groups in total. The molecule has 2 aliphatic heterocycles.